The zero-order chi connectivity index (χ0) is 33.4. The molecule has 0 aromatic carbocycles. The predicted molar refractivity (Wildman–Crippen MR) is 169 cm³/mol. The average molecular weight is 675 g/mol. The van der Waals surface area contributed by atoms with Gasteiger partial charge in [0.2, 0.25) is 0 Å². The van der Waals surface area contributed by atoms with Gasteiger partial charge in [-0.1, -0.05) is 26.7 Å². The summed E-state index contributed by atoms with van der Waals surface area (Å²) in [4.78, 5) is 12.0. The number of rotatable bonds is 40. The normalized spacial score (nSPS) is 12.2. The molecular formula is C32H63FO13. The van der Waals surface area contributed by atoms with Gasteiger partial charge in [0.1, 0.15) is 13.3 Å². The van der Waals surface area contributed by atoms with Gasteiger partial charge in [-0.25, -0.2) is 4.39 Å². The lowest BCUT2D eigenvalue weighted by Crippen LogP contribution is -2.20. The van der Waals surface area contributed by atoms with Crippen molar-refractivity contribution in [3.63, 3.8) is 0 Å². The van der Waals surface area contributed by atoms with Crippen molar-refractivity contribution in [2.45, 2.75) is 39.5 Å². The molecule has 1 atom stereocenters. The van der Waals surface area contributed by atoms with Gasteiger partial charge in [0.25, 0.3) is 0 Å². The molecule has 0 aliphatic carbocycles. The maximum atomic E-state index is 12.0. The highest BCUT2D eigenvalue weighted by molar-refractivity contribution is 5.72. The Labute approximate surface area is 276 Å². The number of unbranched alkanes of at least 4 members (excludes halogenated alkanes) is 1. The van der Waals surface area contributed by atoms with Crippen LogP contribution in [-0.2, 0) is 61.6 Å². The molecule has 0 aromatic heterocycles. The van der Waals surface area contributed by atoms with Crippen molar-refractivity contribution in [1.82, 2.24) is 0 Å². The van der Waals surface area contributed by atoms with E-state index in [0.717, 1.165) is 25.7 Å². The quantitative estimate of drug-likeness (QED) is 0.0699. The summed E-state index contributed by atoms with van der Waals surface area (Å²) in [5.41, 5.74) is 0. The lowest BCUT2D eigenvalue weighted by atomic mass is 10.00. The molecule has 0 amide bonds. The lowest BCUT2D eigenvalue weighted by molar-refractivity contribution is -0.150. The molecule has 0 rings (SSSR count). The van der Waals surface area contributed by atoms with Gasteiger partial charge >= 0.3 is 5.97 Å². The highest BCUT2D eigenvalue weighted by Gasteiger charge is 2.16. The van der Waals surface area contributed by atoms with Crippen molar-refractivity contribution >= 4 is 5.97 Å². The minimum atomic E-state index is -0.477. The van der Waals surface area contributed by atoms with Crippen molar-refractivity contribution < 1.29 is 66.0 Å². The van der Waals surface area contributed by atoms with Crippen LogP contribution in [0.25, 0.3) is 0 Å². The monoisotopic (exact) mass is 674 g/mol. The zero-order valence-corrected chi connectivity index (χ0v) is 28.6. The molecule has 0 aliphatic rings. The van der Waals surface area contributed by atoms with Gasteiger partial charge in [0, 0.05) is 0 Å². The van der Waals surface area contributed by atoms with Crippen molar-refractivity contribution in [2.24, 2.45) is 5.92 Å². The first-order valence-corrected chi connectivity index (χ1v) is 16.8. The van der Waals surface area contributed by atoms with E-state index in [0.29, 0.717) is 139 Å². The van der Waals surface area contributed by atoms with Crippen molar-refractivity contribution in [2.75, 3.05) is 159 Å². The standard InChI is InChI=1S/C32H63FO13/c1-3-5-6-31(4-2)32(34)46-30-29-45-28-27-44-26-25-43-24-23-42-22-21-41-20-19-40-18-17-39-16-15-38-14-13-37-12-11-36-10-9-35-8-7-33/h31H,3-30H2,1-2H3. The molecule has 0 fully saturated rings. The molecule has 0 spiro atoms. The molecule has 0 radical (unpaired) electrons. The van der Waals surface area contributed by atoms with E-state index in [9.17, 15) is 9.18 Å². The van der Waals surface area contributed by atoms with E-state index in [2.05, 4.69) is 6.92 Å². The van der Waals surface area contributed by atoms with Gasteiger partial charge in [0.05, 0.1) is 151 Å². The summed E-state index contributed by atoms with van der Waals surface area (Å²) in [7, 11) is 0. The van der Waals surface area contributed by atoms with Crippen LogP contribution >= 0.6 is 0 Å². The van der Waals surface area contributed by atoms with Crippen molar-refractivity contribution in [3.05, 3.63) is 0 Å². The SMILES string of the molecule is CCCCC(CC)C(=O)OCCOCCOCCOCCOCCOCCOCCOCCOCCOCCOCCOCCF. The number of carbonyl (C=O) groups is 1. The topological polar surface area (TPSA) is 128 Å². The second-order valence-corrected chi connectivity index (χ2v) is 9.84. The highest BCUT2D eigenvalue weighted by Crippen LogP contribution is 2.14. The molecule has 1 unspecified atom stereocenters. The molecule has 46 heavy (non-hydrogen) atoms. The Hall–Kier alpha value is -1.04. The maximum Gasteiger partial charge on any atom is 0.308 e. The van der Waals surface area contributed by atoms with Crippen LogP contribution in [0.3, 0.4) is 0 Å². The fraction of sp³-hybridized carbons (Fsp3) is 0.969. The number of hydrogen-bond acceptors (Lipinski definition) is 13. The summed E-state index contributed by atoms with van der Waals surface area (Å²) in [6.45, 7) is 13.9. The number of halogens is 1. The summed E-state index contributed by atoms with van der Waals surface area (Å²) in [6.07, 6.45) is 3.82. The van der Waals surface area contributed by atoms with Crippen LogP contribution in [0.2, 0.25) is 0 Å². The third-order valence-corrected chi connectivity index (χ3v) is 6.15. The van der Waals surface area contributed by atoms with E-state index in [-0.39, 0.29) is 25.1 Å². The van der Waals surface area contributed by atoms with Crippen LogP contribution in [-0.4, -0.2) is 165 Å². The van der Waals surface area contributed by atoms with Crippen molar-refractivity contribution in [3.8, 4) is 0 Å². The second-order valence-electron chi connectivity index (χ2n) is 9.84. The molecule has 0 saturated heterocycles. The van der Waals surface area contributed by atoms with Gasteiger partial charge in [-0.15, -0.1) is 0 Å². The molecule has 0 bridgehead atoms. The van der Waals surface area contributed by atoms with Gasteiger partial charge in [-0.3, -0.25) is 4.79 Å². The Morgan fingerprint density at radius 3 is 0.935 bits per heavy atom. The van der Waals surface area contributed by atoms with Crippen LogP contribution in [0, 0.1) is 5.92 Å². The first-order chi connectivity index (χ1) is 22.8. The summed E-state index contributed by atoms with van der Waals surface area (Å²) in [6, 6.07) is 0. The first-order valence-electron chi connectivity index (χ1n) is 16.8. The Morgan fingerprint density at radius 2 is 0.696 bits per heavy atom. The number of ether oxygens (including phenoxy) is 12. The first kappa shape index (κ1) is 45.0. The Balaban J connectivity index is 3.13. The van der Waals surface area contributed by atoms with Gasteiger partial charge in [0.15, 0.2) is 0 Å². The molecule has 14 heteroatoms. The predicted octanol–water partition coefficient (Wildman–Crippen LogP) is 2.90. The third kappa shape index (κ3) is 35.8. The van der Waals surface area contributed by atoms with Gasteiger partial charge in [-0.05, 0) is 12.8 Å². The Bertz CT molecular complexity index is 592. The summed E-state index contributed by atoms with van der Waals surface area (Å²) in [5.74, 6) is -0.130. The van der Waals surface area contributed by atoms with Gasteiger partial charge in [-0.2, -0.15) is 0 Å². The maximum absolute atomic E-state index is 12.0. The van der Waals surface area contributed by atoms with E-state index in [1.165, 1.54) is 0 Å². The van der Waals surface area contributed by atoms with E-state index in [4.69, 9.17) is 56.8 Å². The minimum absolute atomic E-state index is 0.00629. The molecule has 13 nitrogen and oxygen atoms in total. The fourth-order valence-electron chi connectivity index (χ4n) is 3.61. The van der Waals surface area contributed by atoms with E-state index < -0.39 is 6.67 Å². The molecule has 0 saturated carbocycles. The number of hydrogen-bond donors (Lipinski definition) is 0. The number of esters is 1. The van der Waals surface area contributed by atoms with E-state index in [1.54, 1.807) is 0 Å². The third-order valence-electron chi connectivity index (χ3n) is 6.15. The van der Waals surface area contributed by atoms with Crippen LogP contribution in [0.15, 0.2) is 0 Å². The summed E-state index contributed by atoms with van der Waals surface area (Å²) in [5, 5.41) is 0. The molecule has 276 valence electrons. The Morgan fingerprint density at radius 1 is 0.435 bits per heavy atom. The van der Waals surface area contributed by atoms with Gasteiger partial charge < -0.3 is 56.8 Å². The smallest absolute Gasteiger partial charge is 0.308 e. The average Bonchev–Trinajstić information content (AvgIpc) is 3.06. The summed E-state index contributed by atoms with van der Waals surface area (Å²) < 4.78 is 76.4. The zero-order valence-electron chi connectivity index (χ0n) is 28.6. The molecular weight excluding hydrogens is 611 g/mol. The fourth-order valence-corrected chi connectivity index (χ4v) is 3.61. The Kier molecular flexibility index (Phi) is 39.2. The van der Waals surface area contributed by atoms with Crippen LogP contribution in [0.5, 0.6) is 0 Å². The summed E-state index contributed by atoms with van der Waals surface area (Å²) >= 11 is 0. The molecule has 0 aromatic rings. The van der Waals surface area contributed by atoms with E-state index >= 15 is 0 Å². The van der Waals surface area contributed by atoms with Crippen LogP contribution in [0.4, 0.5) is 4.39 Å². The van der Waals surface area contributed by atoms with Crippen molar-refractivity contribution in [1.29, 1.82) is 0 Å². The largest absolute Gasteiger partial charge is 0.463 e. The van der Waals surface area contributed by atoms with Crippen LogP contribution < -0.4 is 0 Å². The second kappa shape index (κ2) is 40.1. The number of carbonyl (C=O) groups excluding carboxylic acids is 1. The molecule has 0 N–H and O–H groups in total. The van der Waals surface area contributed by atoms with Crippen LogP contribution in [0.1, 0.15) is 39.5 Å². The minimum Gasteiger partial charge on any atom is -0.463 e. The van der Waals surface area contributed by atoms with E-state index in [1.807, 2.05) is 6.92 Å². The highest BCUT2D eigenvalue weighted by atomic mass is 19.1. The number of alkyl halides is 1. The molecule has 0 heterocycles. The lowest BCUT2D eigenvalue weighted by Gasteiger charge is -2.13. The molecule has 0 aliphatic heterocycles.